The molecule has 15 heavy (non-hydrogen) atoms. The Balaban J connectivity index is 2.06. The molecule has 0 atom stereocenters. The third-order valence-corrected chi connectivity index (χ3v) is 3.79. The summed E-state index contributed by atoms with van der Waals surface area (Å²) in [5.74, 6) is 0.533. The number of nitrogen functional groups attached to an aromatic ring is 1. The number of nitrogens with one attached hydrogen (secondary N) is 1. The molecule has 2 rings (SSSR count). The van der Waals surface area contributed by atoms with Gasteiger partial charge < -0.3 is 10.6 Å². The van der Waals surface area contributed by atoms with Gasteiger partial charge in [-0.3, -0.25) is 5.10 Å². The largest absolute Gasteiger partial charge is 0.382 e. The standard InChI is InChI=1S/C9H11BrN4S/c1-14(9-2-6(10)5-15-9)4-7-3-8(11)13-12-7/h2-3,5H,4H2,1H3,(H3,11,12,13). The molecule has 0 radical (unpaired) electrons. The predicted octanol–water partition coefficient (Wildman–Crippen LogP) is 2.45. The van der Waals surface area contributed by atoms with Crippen LogP contribution in [0.15, 0.2) is 22.0 Å². The van der Waals surface area contributed by atoms with Crippen molar-refractivity contribution in [2.45, 2.75) is 6.54 Å². The molecule has 0 saturated carbocycles. The maximum atomic E-state index is 5.53. The van der Waals surface area contributed by atoms with E-state index in [1.165, 1.54) is 5.00 Å². The third-order valence-electron chi connectivity index (χ3n) is 1.99. The van der Waals surface area contributed by atoms with Crippen LogP contribution in [0.4, 0.5) is 10.8 Å². The Hall–Kier alpha value is -1.01. The number of H-pyrrole nitrogens is 1. The van der Waals surface area contributed by atoms with Gasteiger partial charge in [-0.1, -0.05) is 0 Å². The van der Waals surface area contributed by atoms with Gasteiger partial charge >= 0.3 is 0 Å². The van der Waals surface area contributed by atoms with E-state index in [0.717, 1.165) is 16.7 Å². The van der Waals surface area contributed by atoms with Gasteiger partial charge in [0.1, 0.15) is 5.82 Å². The first-order valence-electron chi connectivity index (χ1n) is 4.40. The summed E-state index contributed by atoms with van der Waals surface area (Å²) in [7, 11) is 2.04. The first kappa shape index (κ1) is 10.5. The zero-order chi connectivity index (χ0) is 10.8. The summed E-state index contributed by atoms with van der Waals surface area (Å²) in [6.45, 7) is 0.775. The lowest BCUT2D eigenvalue weighted by atomic mass is 10.4. The van der Waals surface area contributed by atoms with Crippen molar-refractivity contribution < 1.29 is 0 Å². The van der Waals surface area contributed by atoms with E-state index in [-0.39, 0.29) is 0 Å². The molecule has 0 aliphatic carbocycles. The van der Waals surface area contributed by atoms with Crippen LogP contribution in [0.5, 0.6) is 0 Å². The van der Waals surface area contributed by atoms with Crippen molar-refractivity contribution in [1.82, 2.24) is 10.2 Å². The van der Waals surface area contributed by atoms with E-state index in [2.05, 4.69) is 42.5 Å². The highest BCUT2D eigenvalue weighted by Crippen LogP contribution is 2.28. The second-order valence-electron chi connectivity index (χ2n) is 3.28. The number of hydrogen-bond acceptors (Lipinski definition) is 4. The molecule has 0 saturated heterocycles. The number of aromatic nitrogens is 2. The van der Waals surface area contributed by atoms with E-state index in [1.54, 1.807) is 11.3 Å². The molecule has 0 unspecified atom stereocenters. The Morgan fingerprint density at radius 1 is 1.60 bits per heavy atom. The Labute approximate surface area is 100 Å². The fraction of sp³-hybridized carbons (Fsp3) is 0.222. The van der Waals surface area contributed by atoms with Crippen molar-refractivity contribution in [2.24, 2.45) is 0 Å². The van der Waals surface area contributed by atoms with Gasteiger partial charge in [-0.25, -0.2) is 0 Å². The lowest BCUT2D eigenvalue weighted by molar-refractivity contribution is 0.877. The molecule has 80 valence electrons. The molecule has 0 bridgehead atoms. The lowest BCUT2D eigenvalue weighted by Crippen LogP contribution is -2.15. The third kappa shape index (κ3) is 2.51. The minimum atomic E-state index is 0.533. The zero-order valence-electron chi connectivity index (χ0n) is 8.20. The minimum Gasteiger partial charge on any atom is -0.382 e. The predicted molar refractivity (Wildman–Crippen MR) is 67.1 cm³/mol. The minimum absolute atomic E-state index is 0.533. The first-order valence-corrected chi connectivity index (χ1v) is 6.07. The maximum Gasteiger partial charge on any atom is 0.145 e. The van der Waals surface area contributed by atoms with E-state index < -0.39 is 0 Å². The van der Waals surface area contributed by atoms with E-state index in [1.807, 2.05) is 13.1 Å². The molecule has 2 aromatic heterocycles. The van der Waals surface area contributed by atoms with Crippen LogP contribution in [-0.4, -0.2) is 17.2 Å². The molecule has 3 N–H and O–H groups in total. The van der Waals surface area contributed by atoms with Gasteiger partial charge in [0, 0.05) is 23.0 Å². The van der Waals surface area contributed by atoms with Crippen molar-refractivity contribution in [3.8, 4) is 0 Å². The van der Waals surface area contributed by atoms with Crippen LogP contribution in [0.1, 0.15) is 5.69 Å². The quantitative estimate of drug-likeness (QED) is 0.911. The number of halogens is 1. The highest BCUT2D eigenvalue weighted by atomic mass is 79.9. The maximum absolute atomic E-state index is 5.53. The molecule has 0 fully saturated rings. The molecule has 6 heteroatoms. The van der Waals surface area contributed by atoms with Crippen LogP contribution in [0.3, 0.4) is 0 Å². The van der Waals surface area contributed by atoms with Crippen LogP contribution < -0.4 is 10.6 Å². The fourth-order valence-electron chi connectivity index (χ4n) is 1.30. The van der Waals surface area contributed by atoms with Crippen LogP contribution in [-0.2, 0) is 6.54 Å². The summed E-state index contributed by atoms with van der Waals surface area (Å²) >= 11 is 5.13. The lowest BCUT2D eigenvalue weighted by Gasteiger charge is -2.15. The highest BCUT2D eigenvalue weighted by Gasteiger charge is 2.06. The molecule has 0 aromatic carbocycles. The van der Waals surface area contributed by atoms with Crippen molar-refractivity contribution in [3.05, 3.63) is 27.7 Å². The van der Waals surface area contributed by atoms with Crippen LogP contribution in [0, 0.1) is 0 Å². The van der Waals surface area contributed by atoms with Crippen LogP contribution in [0.2, 0.25) is 0 Å². The summed E-state index contributed by atoms with van der Waals surface area (Å²) in [4.78, 5) is 2.14. The van der Waals surface area contributed by atoms with Gasteiger partial charge in [-0.2, -0.15) is 5.10 Å². The molecule has 0 aliphatic heterocycles. The highest BCUT2D eigenvalue weighted by molar-refractivity contribution is 9.10. The topological polar surface area (TPSA) is 57.9 Å². The Morgan fingerprint density at radius 2 is 2.40 bits per heavy atom. The van der Waals surface area contributed by atoms with Gasteiger partial charge in [0.15, 0.2) is 0 Å². The summed E-state index contributed by atoms with van der Waals surface area (Å²) in [6, 6.07) is 3.93. The number of thiophene rings is 1. The molecule has 2 aromatic rings. The van der Waals surface area contributed by atoms with Gasteiger partial charge in [0.25, 0.3) is 0 Å². The van der Waals surface area contributed by atoms with Crippen LogP contribution >= 0.6 is 27.3 Å². The number of aromatic amines is 1. The molecular formula is C9H11BrN4S. The average Bonchev–Trinajstić information content (AvgIpc) is 2.75. The molecular weight excluding hydrogens is 276 g/mol. The normalized spacial score (nSPS) is 10.5. The fourth-order valence-corrected chi connectivity index (χ4v) is 2.69. The van der Waals surface area contributed by atoms with E-state index >= 15 is 0 Å². The van der Waals surface area contributed by atoms with Gasteiger partial charge in [-0.05, 0) is 22.0 Å². The SMILES string of the molecule is CN(Cc1cc(N)n[nH]1)c1cc(Br)cs1. The van der Waals surface area contributed by atoms with Gasteiger partial charge in [0.2, 0.25) is 0 Å². The monoisotopic (exact) mass is 286 g/mol. The van der Waals surface area contributed by atoms with Crippen molar-refractivity contribution in [3.63, 3.8) is 0 Å². The zero-order valence-corrected chi connectivity index (χ0v) is 10.6. The summed E-state index contributed by atoms with van der Waals surface area (Å²) < 4.78 is 1.11. The van der Waals surface area contributed by atoms with E-state index in [0.29, 0.717) is 5.82 Å². The number of nitrogens with two attached hydrogens (primary N) is 1. The van der Waals surface area contributed by atoms with E-state index in [9.17, 15) is 0 Å². The van der Waals surface area contributed by atoms with Crippen molar-refractivity contribution >= 4 is 38.1 Å². The van der Waals surface area contributed by atoms with Crippen molar-refractivity contribution in [2.75, 3.05) is 17.7 Å². The summed E-state index contributed by atoms with van der Waals surface area (Å²) in [5, 5.41) is 10.0. The molecule has 4 nitrogen and oxygen atoms in total. The Bertz CT molecular complexity index is 450. The summed E-state index contributed by atoms with van der Waals surface area (Å²) in [6.07, 6.45) is 0. The van der Waals surface area contributed by atoms with Gasteiger partial charge in [0.05, 0.1) is 17.2 Å². The van der Waals surface area contributed by atoms with Gasteiger partial charge in [-0.15, -0.1) is 11.3 Å². The number of anilines is 2. The second kappa shape index (κ2) is 4.24. The smallest absolute Gasteiger partial charge is 0.145 e. The summed E-state index contributed by atoms with van der Waals surface area (Å²) in [5.41, 5.74) is 6.54. The van der Waals surface area contributed by atoms with Crippen LogP contribution in [0.25, 0.3) is 0 Å². The molecule has 0 amide bonds. The number of nitrogens with zero attached hydrogens (tertiary/aromatic N) is 2. The second-order valence-corrected chi connectivity index (χ2v) is 5.08. The van der Waals surface area contributed by atoms with Crippen molar-refractivity contribution in [1.29, 1.82) is 0 Å². The molecule has 2 heterocycles. The number of rotatable bonds is 3. The Kier molecular flexibility index (Phi) is 2.97. The molecule has 0 aliphatic rings. The molecule has 0 spiro atoms. The van der Waals surface area contributed by atoms with E-state index in [4.69, 9.17) is 5.73 Å². The number of hydrogen-bond donors (Lipinski definition) is 2. The Morgan fingerprint density at radius 3 is 2.93 bits per heavy atom. The average molecular weight is 287 g/mol. The first-order chi connectivity index (χ1) is 7.15.